The summed E-state index contributed by atoms with van der Waals surface area (Å²) in [5, 5.41) is 1.19. The van der Waals surface area contributed by atoms with Crippen LogP contribution in [0.3, 0.4) is 0 Å². The van der Waals surface area contributed by atoms with Crippen molar-refractivity contribution in [2.75, 3.05) is 13.1 Å². The van der Waals surface area contributed by atoms with Crippen molar-refractivity contribution in [2.24, 2.45) is 0 Å². The van der Waals surface area contributed by atoms with Gasteiger partial charge < -0.3 is 9.88 Å². The Morgan fingerprint density at radius 3 is 2.57 bits per heavy atom. The number of hydrogen-bond donors (Lipinski definition) is 1. The molecule has 0 saturated heterocycles. The average molecular weight is 376 g/mol. The molecule has 2 heterocycles. The zero-order chi connectivity index (χ0) is 19.5. The smallest absolute Gasteiger partial charge is 0.223 e. The molecular weight excluding hydrogens is 355 g/mol. The standard InChI is InChI=1S/C23H21FN2O2/c24-18-7-5-17(6-8-18)22(27)9-10-23(28)26-13-11-16(12-14-26)20-15-25-21-4-2-1-3-19(20)21/h1-8,11,15,25H,9-10,12-14H2. The van der Waals surface area contributed by atoms with E-state index in [-0.39, 0.29) is 30.3 Å². The van der Waals surface area contributed by atoms with Gasteiger partial charge in [-0.25, -0.2) is 4.39 Å². The molecule has 0 aliphatic carbocycles. The lowest BCUT2D eigenvalue weighted by Gasteiger charge is -2.26. The number of hydrogen-bond acceptors (Lipinski definition) is 2. The Kier molecular flexibility index (Phi) is 5.06. The fourth-order valence-corrected chi connectivity index (χ4v) is 3.64. The molecule has 1 amide bonds. The molecule has 4 nitrogen and oxygen atoms in total. The van der Waals surface area contributed by atoms with Gasteiger partial charge in [0, 0.05) is 54.2 Å². The number of benzene rings is 2. The van der Waals surface area contributed by atoms with Gasteiger partial charge in [0.1, 0.15) is 5.82 Å². The highest BCUT2D eigenvalue weighted by molar-refractivity contribution is 5.98. The van der Waals surface area contributed by atoms with Crippen molar-refractivity contribution in [3.05, 3.63) is 77.7 Å². The Bertz CT molecular complexity index is 1050. The highest BCUT2D eigenvalue weighted by atomic mass is 19.1. The van der Waals surface area contributed by atoms with E-state index in [1.807, 2.05) is 18.3 Å². The number of carbonyl (C=O) groups is 2. The summed E-state index contributed by atoms with van der Waals surface area (Å²) in [5.74, 6) is -0.538. The topological polar surface area (TPSA) is 53.2 Å². The third-order valence-corrected chi connectivity index (χ3v) is 5.23. The molecule has 0 unspecified atom stereocenters. The number of para-hydroxylation sites is 1. The second-order valence-corrected chi connectivity index (χ2v) is 7.00. The minimum absolute atomic E-state index is 0.0234. The van der Waals surface area contributed by atoms with Gasteiger partial charge >= 0.3 is 0 Å². The number of halogens is 1. The summed E-state index contributed by atoms with van der Waals surface area (Å²) >= 11 is 0. The molecule has 0 bridgehead atoms. The average Bonchev–Trinajstić information content (AvgIpc) is 3.16. The van der Waals surface area contributed by atoms with Gasteiger partial charge in [-0.15, -0.1) is 0 Å². The summed E-state index contributed by atoms with van der Waals surface area (Å²) in [6, 6.07) is 13.6. The SMILES string of the molecule is O=C(CCC(=O)N1CC=C(c2c[nH]c3ccccc23)CC1)c1ccc(F)cc1. The van der Waals surface area contributed by atoms with Crippen LogP contribution in [0.25, 0.3) is 16.5 Å². The van der Waals surface area contributed by atoms with Crippen molar-refractivity contribution < 1.29 is 14.0 Å². The van der Waals surface area contributed by atoms with Crippen LogP contribution in [-0.4, -0.2) is 34.7 Å². The highest BCUT2D eigenvalue weighted by Crippen LogP contribution is 2.29. The zero-order valence-corrected chi connectivity index (χ0v) is 15.5. The summed E-state index contributed by atoms with van der Waals surface area (Å²) in [6.07, 6.45) is 5.22. The van der Waals surface area contributed by atoms with Crippen LogP contribution in [0.1, 0.15) is 35.2 Å². The Balaban J connectivity index is 1.36. The second kappa shape index (κ2) is 7.80. The number of Topliss-reactive ketones (excluding diaryl/α,β-unsaturated/α-hetero) is 1. The molecule has 0 saturated carbocycles. The van der Waals surface area contributed by atoms with Crippen molar-refractivity contribution in [1.29, 1.82) is 0 Å². The van der Waals surface area contributed by atoms with E-state index >= 15 is 0 Å². The van der Waals surface area contributed by atoms with Crippen LogP contribution >= 0.6 is 0 Å². The first kappa shape index (κ1) is 18.2. The van der Waals surface area contributed by atoms with Crippen molar-refractivity contribution >= 4 is 28.2 Å². The van der Waals surface area contributed by atoms with Gasteiger partial charge in [0.2, 0.25) is 5.91 Å². The number of carbonyl (C=O) groups excluding carboxylic acids is 2. The molecule has 5 heteroatoms. The summed E-state index contributed by atoms with van der Waals surface area (Å²) in [4.78, 5) is 29.7. The number of nitrogens with one attached hydrogen (secondary N) is 1. The Morgan fingerprint density at radius 1 is 1.04 bits per heavy atom. The number of H-pyrrole nitrogens is 1. The van der Waals surface area contributed by atoms with Crippen LogP contribution < -0.4 is 0 Å². The maximum atomic E-state index is 12.9. The number of ketones is 1. The molecule has 1 aromatic heterocycles. The molecule has 1 aliphatic rings. The van der Waals surface area contributed by atoms with Crippen LogP contribution in [0, 0.1) is 5.82 Å². The van der Waals surface area contributed by atoms with E-state index in [0.29, 0.717) is 18.7 Å². The minimum atomic E-state index is -0.376. The maximum Gasteiger partial charge on any atom is 0.223 e. The molecule has 0 spiro atoms. The summed E-state index contributed by atoms with van der Waals surface area (Å²) in [5.41, 5.74) is 3.98. The third-order valence-electron chi connectivity index (χ3n) is 5.23. The molecule has 0 radical (unpaired) electrons. The van der Waals surface area contributed by atoms with Crippen LogP contribution in [0.5, 0.6) is 0 Å². The first-order chi connectivity index (χ1) is 13.6. The number of nitrogens with zero attached hydrogens (tertiary/aromatic N) is 1. The quantitative estimate of drug-likeness (QED) is 0.663. The van der Waals surface area contributed by atoms with E-state index in [4.69, 9.17) is 0 Å². The molecule has 0 atom stereocenters. The lowest BCUT2D eigenvalue weighted by molar-refractivity contribution is -0.130. The van der Waals surface area contributed by atoms with Crippen LogP contribution in [0.15, 0.2) is 60.8 Å². The molecule has 1 N–H and O–H groups in total. The first-order valence-corrected chi connectivity index (χ1v) is 9.44. The third kappa shape index (κ3) is 3.74. The van der Waals surface area contributed by atoms with Crippen molar-refractivity contribution in [1.82, 2.24) is 9.88 Å². The van der Waals surface area contributed by atoms with Gasteiger partial charge in [-0.1, -0.05) is 24.3 Å². The van der Waals surface area contributed by atoms with Gasteiger partial charge in [-0.3, -0.25) is 9.59 Å². The van der Waals surface area contributed by atoms with Gasteiger partial charge in [-0.05, 0) is 42.3 Å². The van der Waals surface area contributed by atoms with Gasteiger partial charge in [0.15, 0.2) is 5.78 Å². The number of fused-ring (bicyclic) bond motifs is 1. The van der Waals surface area contributed by atoms with Crippen LogP contribution in [0.2, 0.25) is 0 Å². The minimum Gasteiger partial charge on any atom is -0.361 e. The molecule has 142 valence electrons. The predicted molar refractivity (Wildman–Crippen MR) is 107 cm³/mol. The lowest BCUT2D eigenvalue weighted by atomic mass is 9.98. The fourth-order valence-electron chi connectivity index (χ4n) is 3.64. The molecule has 28 heavy (non-hydrogen) atoms. The molecule has 0 fully saturated rings. The van der Waals surface area contributed by atoms with Gasteiger partial charge in [0.05, 0.1) is 0 Å². The van der Waals surface area contributed by atoms with Crippen molar-refractivity contribution in [3.63, 3.8) is 0 Å². The molecule has 3 aromatic rings. The van der Waals surface area contributed by atoms with E-state index in [1.165, 1.54) is 40.8 Å². The summed E-state index contributed by atoms with van der Waals surface area (Å²) in [7, 11) is 0. The fraction of sp³-hybridized carbons (Fsp3) is 0.217. The predicted octanol–water partition coefficient (Wildman–Crippen LogP) is 4.59. The van der Waals surface area contributed by atoms with Crippen LogP contribution in [-0.2, 0) is 4.79 Å². The molecular formula is C23H21FN2O2. The highest BCUT2D eigenvalue weighted by Gasteiger charge is 2.20. The number of rotatable bonds is 5. The maximum absolute atomic E-state index is 12.9. The Hall–Kier alpha value is -3.21. The second-order valence-electron chi connectivity index (χ2n) is 7.00. The van der Waals surface area contributed by atoms with Gasteiger partial charge in [-0.2, -0.15) is 0 Å². The number of amides is 1. The van der Waals surface area contributed by atoms with Gasteiger partial charge in [0.25, 0.3) is 0 Å². The van der Waals surface area contributed by atoms with E-state index in [9.17, 15) is 14.0 Å². The Morgan fingerprint density at radius 2 is 1.82 bits per heavy atom. The van der Waals surface area contributed by atoms with E-state index in [0.717, 1.165) is 11.9 Å². The number of aromatic nitrogens is 1. The normalized spacial score (nSPS) is 14.2. The summed E-state index contributed by atoms with van der Waals surface area (Å²) in [6.45, 7) is 1.20. The van der Waals surface area contributed by atoms with Crippen molar-refractivity contribution in [3.8, 4) is 0 Å². The molecule has 2 aromatic carbocycles. The van der Waals surface area contributed by atoms with Crippen LogP contribution in [0.4, 0.5) is 4.39 Å². The first-order valence-electron chi connectivity index (χ1n) is 9.44. The zero-order valence-electron chi connectivity index (χ0n) is 15.5. The molecule has 4 rings (SSSR count). The summed E-state index contributed by atoms with van der Waals surface area (Å²) < 4.78 is 12.9. The Labute approximate surface area is 162 Å². The van der Waals surface area contributed by atoms with E-state index in [2.05, 4.69) is 23.2 Å². The largest absolute Gasteiger partial charge is 0.361 e. The van der Waals surface area contributed by atoms with Crippen molar-refractivity contribution in [2.45, 2.75) is 19.3 Å². The lowest BCUT2D eigenvalue weighted by Crippen LogP contribution is -2.34. The monoisotopic (exact) mass is 376 g/mol. The number of aromatic amines is 1. The van der Waals surface area contributed by atoms with E-state index < -0.39 is 0 Å². The van der Waals surface area contributed by atoms with E-state index in [1.54, 1.807) is 4.90 Å². The molecule has 1 aliphatic heterocycles.